The molecule has 0 saturated heterocycles. The topological polar surface area (TPSA) is 74.8 Å². The van der Waals surface area contributed by atoms with Crippen molar-refractivity contribution >= 4 is 34.0 Å². The summed E-state index contributed by atoms with van der Waals surface area (Å²) in [6.07, 6.45) is 0.137. The maximum absolute atomic E-state index is 12.8. The van der Waals surface area contributed by atoms with Gasteiger partial charge in [-0.15, -0.1) is 11.3 Å². The van der Waals surface area contributed by atoms with E-state index in [1.54, 1.807) is 11.0 Å². The van der Waals surface area contributed by atoms with E-state index in [1.807, 2.05) is 18.2 Å². The third-order valence-corrected chi connectivity index (χ3v) is 5.93. The molecule has 1 atom stereocenters. The Morgan fingerprint density at radius 1 is 1.37 bits per heavy atom. The molecule has 7 nitrogen and oxygen atoms in total. The fourth-order valence-electron chi connectivity index (χ4n) is 3.43. The van der Waals surface area contributed by atoms with Gasteiger partial charge in [-0.25, -0.2) is 4.98 Å². The summed E-state index contributed by atoms with van der Waals surface area (Å²) in [6, 6.07) is 7.26. The molecule has 0 radical (unpaired) electrons. The zero-order valence-electron chi connectivity index (χ0n) is 15.4. The number of para-hydroxylation sites is 2. The molecule has 142 valence electrons. The van der Waals surface area contributed by atoms with Crippen molar-refractivity contribution < 1.29 is 14.3 Å². The number of amides is 2. The van der Waals surface area contributed by atoms with Gasteiger partial charge in [0.25, 0.3) is 5.91 Å². The van der Waals surface area contributed by atoms with Crippen LogP contribution in [-0.2, 0) is 22.6 Å². The van der Waals surface area contributed by atoms with E-state index in [0.717, 1.165) is 31.7 Å². The summed E-state index contributed by atoms with van der Waals surface area (Å²) >= 11 is 1.52. The number of rotatable bonds is 3. The number of carbonyl (C=O) groups is 2. The lowest BCUT2D eigenvalue weighted by atomic mass is 10.1. The molecule has 0 bridgehead atoms. The molecule has 1 aromatic carbocycles. The van der Waals surface area contributed by atoms with Gasteiger partial charge in [0.1, 0.15) is 5.75 Å². The van der Waals surface area contributed by atoms with Gasteiger partial charge in [0.2, 0.25) is 5.91 Å². The number of hydrogen-bond donors (Lipinski definition) is 1. The number of anilines is 2. The molecule has 0 unspecified atom stereocenters. The quantitative estimate of drug-likeness (QED) is 0.876. The Hall–Kier alpha value is -2.45. The molecule has 4 rings (SSSR count). The molecule has 2 aromatic rings. The Labute approximate surface area is 161 Å². The van der Waals surface area contributed by atoms with E-state index in [9.17, 15) is 9.59 Å². The molecule has 2 aliphatic rings. The van der Waals surface area contributed by atoms with Crippen molar-refractivity contribution in [2.24, 2.45) is 0 Å². The normalized spacial score (nSPS) is 19.0. The Kier molecular flexibility index (Phi) is 4.84. The van der Waals surface area contributed by atoms with Crippen LogP contribution in [0, 0.1) is 0 Å². The van der Waals surface area contributed by atoms with Crippen molar-refractivity contribution in [1.82, 2.24) is 9.88 Å². The highest BCUT2D eigenvalue weighted by Gasteiger charge is 2.33. The van der Waals surface area contributed by atoms with Gasteiger partial charge >= 0.3 is 0 Å². The van der Waals surface area contributed by atoms with Crippen LogP contribution in [0.15, 0.2) is 24.3 Å². The lowest BCUT2D eigenvalue weighted by molar-refractivity contribution is -0.123. The van der Waals surface area contributed by atoms with Crippen LogP contribution in [0.1, 0.15) is 24.4 Å². The maximum atomic E-state index is 12.8. The van der Waals surface area contributed by atoms with Crippen molar-refractivity contribution in [3.63, 3.8) is 0 Å². The summed E-state index contributed by atoms with van der Waals surface area (Å²) in [5.74, 6) is 0.137. The smallest absolute Gasteiger partial charge is 0.269 e. The molecule has 1 N–H and O–H groups in total. The van der Waals surface area contributed by atoms with E-state index in [0.29, 0.717) is 16.6 Å². The molecular weight excluding hydrogens is 364 g/mol. The number of benzene rings is 1. The third kappa shape index (κ3) is 3.54. The van der Waals surface area contributed by atoms with Crippen LogP contribution in [0.2, 0.25) is 0 Å². The van der Waals surface area contributed by atoms with Crippen molar-refractivity contribution in [2.45, 2.75) is 32.9 Å². The van der Waals surface area contributed by atoms with Crippen LogP contribution in [0.5, 0.6) is 5.75 Å². The number of likely N-dealkylation sites (N-methyl/N-ethyl adjacent to an activating group) is 1. The molecule has 0 fully saturated rings. The monoisotopic (exact) mass is 386 g/mol. The number of ether oxygens (including phenoxy) is 1. The number of aromatic nitrogens is 1. The number of hydrogen-bond acceptors (Lipinski definition) is 6. The molecule has 3 heterocycles. The highest BCUT2D eigenvalue weighted by Crippen LogP contribution is 2.34. The van der Waals surface area contributed by atoms with E-state index < -0.39 is 6.10 Å². The van der Waals surface area contributed by atoms with Gasteiger partial charge in [-0.1, -0.05) is 19.1 Å². The number of fused-ring (bicyclic) bond motifs is 2. The summed E-state index contributed by atoms with van der Waals surface area (Å²) in [5.41, 5.74) is 1.76. The minimum atomic E-state index is -0.767. The van der Waals surface area contributed by atoms with Gasteiger partial charge in [-0.2, -0.15) is 0 Å². The van der Waals surface area contributed by atoms with Crippen molar-refractivity contribution in [3.05, 3.63) is 34.8 Å². The van der Waals surface area contributed by atoms with Crippen molar-refractivity contribution in [2.75, 3.05) is 29.9 Å². The van der Waals surface area contributed by atoms with Crippen LogP contribution in [0.4, 0.5) is 10.8 Å². The molecule has 0 saturated carbocycles. The molecule has 0 aliphatic carbocycles. The van der Waals surface area contributed by atoms with E-state index in [2.05, 4.69) is 22.1 Å². The van der Waals surface area contributed by atoms with Gasteiger partial charge in [0, 0.05) is 31.3 Å². The van der Waals surface area contributed by atoms with E-state index in [1.165, 1.54) is 23.1 Å². The number of carbonyl (C=O) groups excluding carboxylic acids is 2. The first kappa shape index (κ1) is 17.9. The third-order valence-electron chi connectivity index (χ3n) is 4.93. The Morgan fingerprint density at radius 2 is 2.19 bits per heavy atom. The Balaban J connectivity index is 1.49. The average Bonchev–Trinajstić information content (AvgIpc) is 3.08. The minimum absolute atomic E-state index is 0.118. The summed E-state index contributed by atoms with van der Waals surface area (Å²) < 4.78 is 5.85. The highest BCUT2D eigenvalue weighted by atomic mass is 32.1. The Morgan fingerprint density at radius 3 is 2.96 bits per heavy atom. The van der Waals surface area contributed by atoms with Crippen molar-refractivity contribution in [3.8, 4) is 5.75 Å². The molecule has 1 aromatic heterocycles. The summed E-state index contributed by atoms with van der Waals surface area (Å²) in [5, 5.41) is 3.48. The van der Waals surface area contributed by atoms with E-state index in [4.69, 9.17) is 4.74 Å². The van der Waals surface area contributed by atoms with Gasteiger partial charge in [-0.3, -0.25) is 19.8 Å². The molecule has 0 spiro atoms. The Bertz CT molecular complexity index is 882. The van der Waals surface area contributed by atoms with Crippen LogP contribution in [0.3, 0.4) is 0 Å². The zero-order chi connectivity index (χ0) is 19.0. The van der Waals surface area contributed by atoms with Gasteiger partial charge < -0.3 is 9.64 Å². The van der Waals surface area contributed by atoms with Gasteiger partial charge in [0.05, 0.1) is 17.9 Å². The average molecular weight is 386 g/mol. The first-order valence-electron chi connectivity index (χ1n) is 9.10. The first-order valence-corrected chi connectivity index (χ1v) is 9.92. The standard InChI is InChI=1S/C19H22N4O3S/c1-3-22-9-8-13-17(11-22)27-19(20-13)21-18(25)16-10-23(12(2)24)14-6-4-5-7-15(14)26-16/h4-7,16H,3,8-11H2,1-2H3,(H,20,21,25)/t16-/m0/s1. The fraction of sp³-hybridized carbons (Fsp3) is 0.421. The summed E-state index contributed by atoms with van der Waals surface area (Å²) in [4.78, 5) is 34.5. The predicted octanol–water partition coefficient (Wildman–Crippen LogP) is 2.27. The second-order valence-corrected chi connectivity index (χ2v) is 7.78. The van der Waals surface area contributed by atoms with E-state index >= 15 is 0 Å². The lowest BCUT2D eigenvalue weighted by Crippen LogP contribution is -2.48. The SMILES string of the molecule is CCN1CCc2nc(NC(=O)[C@@H]3CN(C(C)=O)c4ccccc4O3)sc2C1. The second kappa shape index (κ2) is 7.28. The molecule has 2 aliphatic heterocycles. The van der Waals surface area contributed by atoms with Crippen LogP contribution < -0.4 is 15.0 Å². The number of nitrogens with zero attached hydrogens (tertiary/aromatic N) is 3. The maximum Gasteiger partial charge on any atom is 0.269 e. The van der Waals surface area contributed by atoms with Gasteiger partial charge in [0.15, 0.2) is 11.2 Å². The molecular formula is C19H22N4O3S. The van der Waals surface area contributed by atoms with Crippen LogP contribution in [-0.4, -0.2) is 47.4 Å². The second-order valence-electron chi connectivity index (χ2n) is 6.70. The van der Waals surface area contributed by atoms with Gasteiger partial charge in [-0.05, 0) is 18.7 Å². The van der Waals surface area contributed by atoms with Crippen molar-refractivity contribution in [1.29, 1.82) is 0 Å². The number of nitrogens with one attached hydrogen (secondary N) is 1. The summed E-state index contributed by atoms with van der Waals surface area (Å²) in [7, 11) is 0. The molecule has 8 heteroatoms. The predicted molar refractivity (Wildman–Crippen MR) is 104 cm³/mol. The first-order chi connectivity index (χ1) is 13.0. The summed E-state index contributed by atoms with van der Waals surface area (Å²) in [6.45, 7) is 6.71. The zero-order valence-corrected chi connectivity index (χ0v) is 16.2. The van der Waals surface area contributed by atoms with E-state index in [-0.39, 0.29) is 18.4 Å². The van der Waals surface area contributed by atoms with Crippen LogP contribution >= 0.6 is 11.3 Å². The highest BCUT2D eigenvalue weighted by molar-refractivity contribution is 7.15. The van der Waals surface area contributed by atoms with Crippen LogP contribution in [0.25, 0.3) is 0 Å². The molecule has 2 amide bonds. The minimum Gasteiger partial charge on any atom is -0.476 e. The fourth-order valence-corrected chi connectivity index (χ4v) is 4.48. The lowest BCUT2D eigenvalue weighted by Gasteiger charge is -2.33. The molecule has 27 heavy (non-hydrogen) atoms. The largest absolute Gasteiger partial charge is 0.476 e. The number of thiazole rings is 1.